The fraction of sp³-hybridized carbons (Fsp3) is 0.357. The summed E-state index contributed by atoms with van der Waals surface area (Å²) < 4.78 is 10.6. The van der Waals surface area contributed by atoms with Gasteiger partial charge in [-0.25, -0.2) is 0 Å². The van der Waals surface area contributed by atoms with E-state index in [1.165, 1.54) is 62.4 Å². The number of aromatic hydroxyl groups is 2. The van der Waals surface area contributed by atoms with Crippen molar-refractivity contribution in [1.82, 2.24) is 53.2 Å². The minimum atomic E-state index is -1.60. The van der Waals surface area contributed by atoms with Crippen molar-refractivity contribution in [3.05, 3.63) is 131 Å². The average molecular weight is 1140 g/mol. The van der Waals surface area contributed by atoms with Crippen LogP contribution in [0.1, 0.15) is 49.9 Å². The molecule has 0 saturated carbocycles. The number of phenolic OH excluding ortho intramolecular Hbond substituents is 2. The smallest absolute Gasteiger partial charge is 0.325 e. The van der Waals surface area contributed by atoms with Gasteiger partial charge in [-0.05, 0) is 60.4 Å². The molecule has 10 amide bonds. The van der Waals surface area contributed by atoms with Crippen LogP contribution in [0.5, 0.6) is 11.5 Å². The maximum atomic E-state index is 14.3. The summed E-state index contributed by atoms with van der Waals surface area (Å²) in [6.45, 7) is 1.39. The van der Waals surface area contributed by atoms with Gasteiger partial charge < -0.3 is 72.9 Å². The summed E-state index contributed by atoms with van der Waals surface area (Å²) in [5.74, 6) is -11.4. The molecule has 436 valence electrons. The zero-order valence-electron chi connectivity index (χ0n) is 45.3. The second-order valence-electron chi connectivity index (χ2n) is 19.1. The molecule has 0 spiro atoms. The maximum absolute atomic E-state index is 14.3. The molecule has 12 N–H and O–H groups in total. The number of amides is 10. The Hall–Kier alpha value is -9.88. The molecule has 5 rings (SSSR count). The first-order valence-electron chi connectivity index (χ1n) is 25.9. The lowest BCUT2D eigenvalue weighted by atomic mass is 10.0. The topological polar surface area (TPSA) is 384 Å². The van der Waals surface area contributed by atoms with Crippen molar-refractivity contribution in [3.8, 4) is 11.5 Å². The Morgan fingerprint density at radius 2 is 0.707 bits per heavy atom. The van der Waals surface area contributed by atoms with Crippen LogP contribution in [0.2, 0.25) is 0 Å². The van der Waals surface area contributed by atoms with Gasteiger partial charge in [-0.15, -0.1) is 0 Å². The molecule has 1 aliphatic heterocycles. The molecule has 4 aromatic carbocycles. The summed E-state index contributed by atoms with van der Waals surface area (Å²) >= 11 is 0. The Balaban J connectivity index is 1.46. The van der Waals surface area contributed by atoms with Crippen molar-refractivity contribution in [3.63, 3.8) is 0 Å². The van der Waals surface area contributed by atoms with Gasteiger partial charge in [0.1, 0.15) is 86.1 Å². The summed E-state index contributed by atoms with van der Waals surface area (Å²) in [4.78, 5) is 162. The number of carbonyl (C=O) groups excluding carboxylic acids is 12. The quantitative estimate of drug-likeness (QED) is 0.0741. The highest BCUT2D eigenvalue weighted by Gasteiger charge is 2.34. The molecule has 1 aliphatic rings. The molecule has 26 nitrogen and oxygen atoms in total. The van der Waals surface area contributed by atoms with E-state index in [1.54, 1.807) is 60.7 Å². The molecule has 0 bridgehead atoms. The lowest BCUT2D eigenvalue weighted by Crippen LogP contribution is -2.59. The van der Waals surface area contributed by atoms with Crippen LogP contribution in [-0.4, -0.2) is 156 Å². The Morgan fingerprint density at radius 1 is 0.415 bits per heavy atom. The summed E-state index contributed by atoms with van der Waals surface area (Å²) in [6.07, 6.45) is -0.735. The number of benzene rings is 4. The van der Waals surface area contributed by atoms with E-state index in [-0.39, 0.29) is 37.2 Å². The van der Waals surface area contributed by atoms with E-state index in [0.29, 0.717) is 22.3 Å². The number of rotatable bonds is 10. The van der Waals surface area contributed by atoms with E-state index >= 15 is 0 Å². The van der Waals surface area contributed by atoms with E-state index in [4.69, 9.17) is 9.47 Å². The molecular weight excluding hydrogens is 1070 g/mol. The van der Waals surface area contributed by atoms with E-state index in [1.807, 2.05) is 0 Å². The van der Waals surface area contributed by atoms with Crippen LogP contribution in [0.3, 0.4) is 0 Å². The second kappa shape index (κ2) is 31.1. The normalized spacial score (nSPS) is 22.8. The van der Waals surface area contributed by atoms with Crippen molar-refractivity contribution in [2.45, 2.75) is 102 Å². The number of hydrogen-bond donors (Lipinski definition) is 12. The number of phenols is 2. The molecule has 0 aromatic heterocycles. The number of hydrogen-bond acceptors (Lipinski definition) is 16. The van der Waals surface area contributed by atoms with Crippen LogP contribution in [0.4, 0.5) is 0 Å². The number of cyclic esters (lactones) is 2. The van der Waals surface area contributed by atoms with Crippen molar-refractivity contribution in [1.29, 1.82) is 0 Å². The van der Waals surface area contributed by atoms with Crippen LogP contribution in [0, 0.1) is 0 Å². The van der Waals surface area contributed by atoms with Crippen molar-refractivity contribution < 1.29 is 77.2 Å². The summed E-state index contributed by atoms with van der Waals surface area (Å²) in [5, 5.41) is 44.4. The highest BCUT2D eigenvalue weighted by molar-refractivity contribution is 5.98. The van der Waals surface area contributed by atoms with Crippen LogP contribution in [-0.2, 0) is 92.7 Å². The Labute approximate surface area is 471 Å². The predicted octanol–water partition coefficient (Wildman–Crippen LogP) is -2.34. The number of carbonyl (C=O) groups is 12. The molecule has 1 heterocycles. The maximum Gasteiger partial charge on any atom is 0.325 e. The Kier molecular flexibility index (Phi) is 23.8. The predicted molar refractivity (Wildman–Crippen MR) is 290 cm³/mol. The van der Waals surface area contributed by atoms with Gasteiger partial charge in [0.25, 0.3) is 0 Å². The Bertz CT molecular complexity index is 2730. The number of nitrogens with one attached hydrogen (secondary N) is 10. The second-order valence-corrected chi connectivity index (χ2v) is 19.1. The molecule has 8 atom stereocenters. The molecule has 82 heavy (non-hydrogen) atoms. The van der Waals surface area contributed by atoms with E-state index in [2.05, 4.69) is 53.2 Å². The van der Waals surface area contributed by atoms with Crippen molar-refractivity contribution in [2.75, 3.05) is 26.3 Å². The van der Waals surface area contributed by atoms with E-state index in [0.717, 1.165) is 13.8 Å². The summed E-state index contributed by atoms with van der Waals surface area (Å²) in [7, 11) is 0. The zero-order valence-corrected chi connectivity index (χ0v) is 45.3. The van der Waals surface area contributed by atoms with Gasteiger partial charge in [0.15, 0.2) is 0 Å². The monoisotopic (exact) mass is 1130 g/mol. The average Bonchev–Trinajstić information content (AvgIpc) is 3.48. The zero-order chi connectivity index (χ0) is 59.9. The third-order valence-electron chi connectivity index (χ3n) is 12.4. The van der Waals surface area contributed by atoms with Gasteiger partial charge in [-0.2, -0.15) is 0 Å². The summed E-state index contributed by atoms with van der Waals surface area (Å²) in [6, 6.07) is 16.2. The lowest BCUT2D eigenvalue weighted by molar-refractivity contribution is -0.147. The van der Waals surface area contributed by atoms with Crippen LogP contribution in [0.25, 0.3) is 0 Å². The molecule has 0 radical (unpaired) electrons. The SMILES string of the molecule is CC(=O)N[C@H]1COC(=O)CNC(=O)[C@H](Cc2ccc(O)cc2)NC(=O)[C@H](Cc2ccccc2)NC(=O)[C@H](C)NC(=O)[C@@H](NC(C)=O)COC(=O)CNC(=O)[C@H](Cc2ccc(O)cc2)NC(=O)[C@H](Cc2ccccc2)NC(=O)[C@H](C)NC1=O. The van der Waals surface area contributed by atoms with Gasteiger partial charge in [0.05, 0.1) is 0 Å². The first-order chi connectivity index (χ1) is 39.0. The van der Waals surface area contributed by atoms with Crippen molar-refractivity contribution >= 4 is 71.0 Å². The van der Waals surface area contributed by atoms with Gasteiger partial charge in [0.2, 0.25) is 59.1 Å². The standard InChI is InChI=1S/C56H66N10O16/c1-31-49(73)63-43(23-35-11-7-5-8-12-35)53(77)65-41(25-37-15-19-39(69)20-16-37)51(75)58-28-48(72)82-30-46(62-34(4)68)56(80)60-32(2)50(74)64-44(24-36-13-9-6-10-14-36)54(78)66-42(26-38-17-21-40(70)22-18-38)52(76)57-27-47(71)81-29-45(55(79)59-31)61-33(3)67/h5-22,31-32,41-46,69-70H,23-30H2,1-4H3,(H,57,76)(H,58,75)(H,59,79)(H,60,80)(H,61,67)(H,62,68)(H,63,73)(H,64,74)(H,65,77)(H,66,78)/t31-,32-,41-,42-,43-,44-,45-,46-/m0/s1. The highest BCUT2D eigenvalue weighted by atomic mass is 16.5. The fourth-order valence-electron chi connectivity index (χ4n) is 8.05. The van der Waals surface area contributed by atoms with Gasteiger partial charge in [-0.3, -0.25) is 57.5 Å². The third-order valence-corrected chi connectivity index (χ3v) is 12.4. The molecular formula is C56H66N10O16. The van der Waals surface area contributed by atoms with E-state index in [9.17, 15) is 67.7 Å². The van der Waals surface area contributed by atoms with Crippen LogP contribution >= 0.6 is 0 Å². The number of esters is 2. The molecule has 0 unspecified atom stereocenters. The van der Waals surface area contributed by atoms with Crippen LogP contribution < -0.4 is 53.2 Å². The van der Waals surface area contributed by atoms with Gasteiger partial charge in [-0.1, -0.05) is 84.9 Å². The highest BCUT2D eigenvalue weighted by Crippen LogP contribution is 2.15. The largest absolute Gasteiger partial charge is 0.508 e. The molecule has 1 saturated heterocycles. The molecule has 26 heteroatoms. The van der Waals surface area contributed by atoms with Crippen LogP contribution in [0.15, 0.2) is 109 Å². The van der Waals surface area contributed by atoms with Gasteiger partial charge >= 0.3 is 11.9 Å². The first-order valence-corrected chi connectivity index (χ1v) is 25.9. The minimum Gasteiger partial charge on any atom is -0.508 e. The Morgan fingerprint density at radius 3 is 1.02 bits per heavy atom. The van der Waals surface area contributed by atoms with E-state index < -0.39 is 146 Å². The van der Waals surface area contributed by atoms with Crippen molar-refractivity contribution in [2.24, 2.45) is 0 Å². The minimum absolute atomic E-state index is 0.100. The first kappa shape index (κ1) is 63.0. The number of ether oxygens (including phenoxy) is 2. The lowest BCUT2D eigenvalue weighted by Gasteiger charge is -2.26. The third kappa shape index (κ3) is 21.1. The molecule has 4 aromatic rings. The molecule has 0 aliphatic carbocycles. The summed E-state index contributed by atoms with van der Waals surface area (Å²) in [5.41, 5.74) is 1.99. The molecule has 1 fully saturated rings. The fourth-order valence-corrected chi connectivity index (χ4v) is 8.05. The van der Waals surface area contributed by atoms with Gasteiger partial charge in [0, 0.05) is 39.5 Å².